The van der Waals surface area contributed by atoms with E-state index < -0.39 is 30.2 Å². The van der Waals surface area contributed by atoms with E-state index in [-0.39, 0.29) is 9.79 Å². The second-order valence-corrected chi connectivity index (χ2v) is 10.5. The highest BCUT2D eigenvalue weighted by atomic mass is 32.2. The van der Waals surface area contributed by atoms with Crippen LogP contribution >= 0.6 is 0 Å². The van der Waals surface area contributed by atoms with Crippen LogP contribution in [0.15, 0.2) is 58.3 Å². The Morgan fingerprint density at radius 2 is 1.58 bits per heavy atom. The standard InChI is InChI=1S/C17H19NO4S2/c1-12-17(24(21,22)13-8-5-4-6-9-13)16-14(18(2)3)10-7-11-15(16)23(12,19)20/h4-12,17H,1-3H3. The van der Waals surface area contributed by atoms with Crippen molar-refractivity contribution in [2.24, 2.45) is 0 Å². The smallest absolute Gasteiger partial charge is 0.186 e. The normalized spacial score (nSPS) is 22.1. The fourth-order valence-corrected chi connectivity index (χ4v) is 7.73. The van der Waals surface area contributed by atoms with Crippen LogP contribution in [-0.2, 0) is 19.7 Å². The van der Waals surface area contributed by atoms with Gasteiger partial charge in [-0.2, -0.15) is 0 Å². The van der Waals surface area contributed by atoms with Crippen LogP contribution in [0.25, 0.3) is 0 Å². The van der Waals surface area contributed by atoms with Gasteiger partial charge in [0, 0.05) is 25.3 Å². The largest absolute Gasteiger partial charge is 0.377 e. The summed E-state index contributed by atoms with van der Waals surface area (Å²) < 4.78 is 51.9. The summed E-state index contributed by atoms with van der Waals surface area (Å²) in [5.74, 6) is 0. The molecule has 1 aliphatic heterocycles. The van der Waals surface area contributed by atoms with Crippen molar-refractivity contribution in [3.63, 3.8) is 0 Å². The van der Waals surface area contributed by atoms with Gasteiger partial charge in [-0.05, 0) is 31.2 Å². The molecule has 128 valence electrons. The number of sulfone groups is 2. The minimum Gasteiger partial charge on any atom is -0.377 e. The van der Waals surface area contributed by atoms with Crippen molar-refractivity contribution >= 4 is 25.4 Å². The Bertz CT molecular complexity index is 981. The Morgan fingerprint density at radius 1 is 0.958 bits per heavy atom. The highest BCUT2D eigenvalue weighted by Crippen LogP contribution is 2.49. The minimum atomic E-state index is -3.83. The molecule has 0 saturated carbocycles. The van der Waals surface area contributed by atoms with Crippen LogP contribution in [0.1, 0.15) is 17.7 Å². The first-order valence-electron chi connectivity index (χ1n) is 7.52. The van der Waals surface area contributed by atoms with Crippen LogP contribution in [0.2, 0.25) is 0 Å². The van der Waals surface area contributed by atoms with Crippen molar-refractivity contribution in [2.45, 2.75) is 27.2 Å². The van der Waals surface area contributed by atoms with Gasteiger partial charge in [0.1, 0.15) is 5.25 Å². The van der Waals surface area contributed by atoms with Crippen molar-refractivity contribution in [1.29, 1.82) is 0 Å². The van der Waals surface area contributed by atoms with Crippen molar-refractivity contribution in [1.82, 2.24) is 0 Å². The third-order valence-electron chi connectivity index (χ3n) is 4.44. The van der Waals surface area contributed by atoms with E-state index >= 15 is 0 Å². The molecule has 0 aliphatic carbocycles. The van der Waals surface area contributed by atoms with E-state index in [4.69, 9.17) is 0 Å². The van der Waals surface area contributed by atoms with E-state index in [1.807, 2.05) is 0 Å². The van der Waals surface area contributed by atoms with Crippen molar-refractivity contribution < 1.29 is 16.8 Å². The maximum Gasteiger partial charge on any atom is 0.186 e. The van der Waals surface area contributed by atoms with E-state index in [0.29, 0.717) is 11.3 Å². The molecule has 0 amide bonds. The fourth-order valence-electron chi connectivity index (χ4n) is 3.22. The first-order valence-corrected chi connectivity index (χ1v) is 10.6. The van der Waals surface area contributed by atoms with Crippen molar-refractivity contribution in [3.8, 4) is 0 Å². The molecule has 2 unspecified atom stereocenters. The molecule has 3 rings (SSSR count). The van der Waals surface area contributed by atoms with Crippen LogP contribution in [0.4, 0.5) is 5.69 Å². The number of hydrogen-bond donors (Lipinski definition) is 0. The maximum atomic E-state index is 13.2. The summed E-state index contributed by atoms with van der Waals surface area (Å²) in [5.41, 5.74) is 0.990. The summed E-state index contributed by atoms with van der Waals surface area (Å²) in [6.45, 7) is 1.47. The molecule has 0 fully saturated rings. The molecule has 5 nitrogen and oxygen atoms in total. The predicted molar refractivity (Wildman–Crippen MR) is 93.8 cm³/mol. The molecule has 0 saturated heterocycles. The highest BCUT2D eigenvalue weighted by Gasteiger charge is 2.50. The Balaban J connectivity index is 2.33. The Morgan fingerprint density at radius 3 is 2.17 bits per heavy atom. The van der Waals surface area contributed by atoms with E-state index in [1.54, 1.807) is 49.3 Å². The van der Waals surface area contributed by atoms with Gasteiger partial charge >= 0.3 is 0 Å². The number of benzene rings is 2. The lowest BCUT2D eigenvalue weighted by Crippen LogP contribution is -2.25. The molecule has 2 aromatic carbocycles. The molecule has 0 bridgehead atoms. The summed E-state index contributed by atoms with van der Waals surface area (Å²) >= 11 is 0. The zero-order valence-electron chi connectivity index (χ0n) is 13.7. The lowest BCUT2D eigenvalue weighted by atomic mass is 10.1. The van der Waals surface area contributed by atoms with E-state index in [2.05, 4.69) is 0 Å². The van der Waals surface area contributed by atoms with E-state index in [1.165, 1.54) is 25.1 Å². The molecule has 0 spiro atoms. The average Bonchev–Trinajstić information content (AvgIpc) is 2.75. The zero-order valence-corrected chi connectivity index (χ0v) is 15.3. The Kier molecular flexibility index (Phi) is 3.96. The molecule has 0 radical (unpaired) electrons. The van der Waals surface area contributed by atoms with Gasteiger partial charge < -0.3 is 4.90 Å². The van der Waals surface area contributed by atoms with Crippen LogP contribution in [0.5, 0.6) is 0 Å². The molecule has 1 aliphatic rings. The van der Waals surface area contributed by atoms with Crippen LogP contribution in [0.3, 0.4) is 0 Å². The lowest BCUT2D eigenvalue weighted by Gasteiger charge is -2.22. The third-order valence-corrected chi connectivity index (χ3v) is 9.07. The molecule has 24 heavy (non-hydrogen) atoms. The van der Waals surface area contributed by atoms with Crippen LogP contribution < -0.4 is 4.90 Å². The van der Waals surface area contributed by atoms with Gasteiger partial charge in [0.2, 0.25) is 0 Å². The van der Waals surface area contributed by atoms with Gasteiger partial charge in [-0.1, -0.05) is 24.3 Å². The first kappa shape index (κ1) is 17.0. The summed E-state index contributed by atoms with van der Waals surface area (Å²) in [5, 5.41) is -2.14. The van der Waals surface area contributed by atoms with Gasteiger partial charge in [0.25, 0.3) is 0 Å². The summed E-state index contributed by atoms with van der Waals surface area (Å²) in [6, 6.07) is 12.9. The second kappa shape index (κ2) is 5.60. The fraction of sp³-hybridized carbons (Fsp3) is 0.294. The zero-order chi connectivity index (χ0) is 17.7. The lowest BCUT2D eigenvalue weighted by molar-refractivity contribution is 0.569. The quantitative estimate of drug-likeness (QED) is 0.835. The molecular weight excluding hydrogens is 346 g/mol. The number of anilines is 1. The van der Waals surface area contributed by atoms with E-state index in [9.17, 15) is 16.8 Å². The van der Waals surface area contributed by atoms with Crippen molar-refractivity contribution in [2.75, 3.05) is 19.0 Å². The molecule has 0 aromatic heterocycles. The third kappa shape index (κ3) is 2.34. The number of rotatable bonds is 3. The maximum absolute atomic E-state index is 13.2. The van der Waals surface area contributed by atoms with Gasteiger partial charge in [-0.3, -0.25) is 0 Å². The van der Waals surface area contributed by atoms with Crippen LogP contribution in [0, 0.1) is 0 Å². The summed E-state index contributed by atoms with van der Waals surface area (Å²) in [6.07, 6.45) is 0. The van der Waals surface area contributed by atoms with Gasteiger partial charge in [0.05, 0.1) is 15.0 Å². The summed E-state index contributed by atoms with van der Waals surface area (Å²) in [4.78, 5) is 2.00. The molecule has 2 atom stereocenters. The first-order chi connectivity index (χ1) is 11.2. The molecular formula is C17H19NO4S2. The average molecular weight is 365 g/mol. The monoisotopic (exact) mass is 365 g/mol. The number of fused-ring (bicyclic) bond motifs is 1. The SMILES string of the molecule is CC1C(S(=O)(=O)c2ccccc2)c2c(N(C)C)cccc2S1(=O)=O. The molecule has 0 N–H and O–H groups in total. The highest BCUT2D eigenvalue weighted by molar-refractivity contribution is 7.96. The summed E-state index contributed by atoms with van der Waals surface area (Å²) in [7, 11) is -3.97. The molecule has 1 heterocycles. The Labute approximate surface area is 142 Å². The Hall–Kier alpha value is -1.86. The minimum absolute atomic E-state index is 0.116. The van der Waals surface area contributed by atoms with Gasteiger partial charge in [-0.25, -0.2) is 16.8 Å². The van der Waals surface area contributed by atoms with Gasteiger partial charge in [0.15, 0.2) is 19.7 Å². The second-order valence-electron chi connectivity index (χ2n) is 6.11. The van der Waals surface area contributed by atoms with Crippen LogP contribution in [-0.4, -0.2) is 36.2 Å². The predicted octanol–water partition coefficient (Wildman–Crippen LogP) is 2.44. The van der Waals surface area contributed by atoms with Gasteiger partial charge in [-0.15, -0.1) is 0 Å². The van der Waals surface area contributed by atoms with Crippen molar-refractivity contribution in [3.05, 3.63) is 54.1 Å². The molecule has 2 aromatic rings. The molecule has 7 heteroatoms. The number of nitrogens with zero attached hydrogens (tertiary/aromatic N) is 1. The topological polar surface area (TPSA) is 71.5 Å². The van der Waals surface area contributed by atoms with E-state index in [0.717, 1.165) is 0 Å². The number of hydrogen-bond acceptors (Lipinski definition) is 5.